The fraction of sp³-hybridized carbons (Fsp3) is 0.250. The van der Waals surface area contributed by atoms with Gasteiger partial charge in [-0.2, -0.15) is 4.98 Å². The highest BCUT2D eigenvalue weighted by atomic mass is 35.5. The van der Waals surface area contributed by atoms with Gasteiger partial charge >= 0.3 is 0 Å². The van der Waals surface area contributed by atoms with Crippen molar-refractivity contribution in [3.8, 4) is 0 Å². The van der Waals surface area contributed by atoms with Gasteiger partial charge in [-0.05, 0) is 19.1 Å². The molecular formula is C12H14ClN5. The smallest absolute Gasteiger partial charge is 0.224 e. The number of nitrogens with one attached hydrogen (secondary N) is 2. The van der Waals surface area contributed by atoms with Gasteiger partial charge in [0.15, 0.2) is 5.82 Å². The van der Waals surface area contributed by atoms with E-state index in [4.69, 9.17) is 11.6 Å². The number of nitrogens with zero attached hydrogens (tertiary/aromatic N) is 3. The summed E-state index contributed by atoms with van der Waals surface area (Å²) in [7, 11) is 1.76. The zero-order valence-corrected chi connectivity index (χ0v) is 10.9. The predicted molar refractivity (Wildman–Crippen MR) is 72.9 cm³/mol. The third-order valence-electron chi connectivity index (χ3n) is 2.45. The van der Waals surface area contributed by atoms with Crippen LogP contribution in [0.3, 0.4) is 0 Å². The first-order chi connectivity index (χ1) is 8.70. The summed E-state index contributed by atoms with van der Waals surface area (Å²) in [6, 6.07) is 5.79. The second-order valence-electron chi connectivity index (χ2n) is 3.76. The molecule has 0 spiro atoms. The Balaban J connectivity index is 2.18. The Morgan fingerprint density at radius 1 is 1.28 bits per heavy atom. The molecule has 0 saturated carbocycles. The Hall–Kier alpha value is -1.88. The van der Waals surface area contributed by atoms with Gasteiger partial charge in [0.1, 0.15) is 5.02 Å². The average Bonchev–Trinajstić information content (AvgIpc) is 2.42. The Bertz CT molecular complexity index is 517. The van der Waals surface area contributed by atoms with Crippen LogP contribution in [0.25, 0.3) is 0 Å². The molecule has 2 heterocycles. The summed E-state index contributed by atoms with van der Waals surface area (Å²) in [6.45, 7) is 2.00. The van der Waals surface area contributed by atoms with Gasteiger partial charge in [-0.15, -0.1) is 0 Å². The quantitative estimate of drug-likeness (QED) is 0.888. The van der Waals surface area contributed by atoms with Crippen LogP contribution >= 0.6 is 11.6 Å². The van der Waals surface area contributed by atoms with Crippen LogP contribution in [-0.4, -0.2) is 22.0 Å². The van der Waals surface area contributed by atoms with Crippen LogP contribution in [0.4, 0.5) is 11.8 Å². The zero-order valence-electron chi connectivity index (χ0n) is 10.2. The number of anilines is 2. The summed E-state index contributed by atoms with van der Waals surface area (Å²) in [4.78, 5) is 12.6. The third-order valence-corrected chi connectivity index (χ3v) is 2.73. The lowest BCUT2D eigenvalue weighted by Gasteiger charge is -2.15. The van der Waals surface area contributed by atoms with Crippen LogP contribution in [0.15, 0.2) is 30.6 Å². The monoisotopic (exact) mass is 263 g/mol. The van der Waals surface area contributed by atoms with Crippen molar-refractivity contribution in [2.24, 2.45) is 0 Å². The van der Waals surface area contributed by atoms with Crippen molar-refractivity contribution in [3.63, 3.8) is 0 Å². The maximum Gasteiger partial charge on any atom is 0.224 e. The highest BCUT2D eigenvalue weighted by Crippen LogP contribution is 2.23. The standard InChI is InChI=1S/C12H14ClN5/c1-8(10-5-3-4-6-15-10)17-11-9(13)7-16-12(14-2)18-11/h3-8H,1-2H3,(H2,14,16,17,18). The molecule has 18 heavy (non-hydrogen) atoms. The molecule has 0 fully saturated rings. The molecule has 2 rings (SSSR count). The SMILES string of the molecule is CNc1ncc(Cl)c(NC(C)c2ccccn2)n1. The number of halogens is 1. The zero-order chi connectivity index (χ0) is 13.0. The van der Waals surface area contributed by atoms with E-state index >= 15 is 0 Å². The fourth-order valence-electron chi connectivity index (χ4n) is 1.50. The molecule has 0 bridgehead atoms. The first kappa shape index (κ1) is 12.6. The Morgan fingerprint density at radius 3 is 2.78 bits per heavy atom. The van der Waals surface area contributed by atoms with Crippen LogP contribution in [0.1, 0.15) is 18.7 Å². The molecule has 1 unspecified atom stereocenters. The molecule has 5 nitrogen and oxygen atoms in total. The minimum absolute atomic E-state index is 0.0170. The summed E-state index contributed by atoms with van der Waals surface area (Å²) in [5, 5.41) is 6.57. The molecule has 2 aromatic heterocycles. The lowest BCUT2D eigenvalue weighted by molar-refractivity contribution is 0.831. The Labute approximate surface area is 111 Å². The van der Waals surface area contributed by atoms with Crippen molar-refractivity contribution in [1.29, 1.82) is 0 Å². The van der Waals surface area contributed by atoms with E-state index in [1.54, 1.807) is 19.4 Å². The van der Waals surface area contributed by atoms with Gasteiger partial charge in [0.2, 0.25) is 5.95 Å². The second kappa shape index (κ2) is 5.64. The van der Waals surface area contributed by atoms with E-state index in [1.807, 2.05) is 25.1 Å². The maximum atomic E-state index is 6.05. The van der Waals surface area contributed by atoms with Crippen molar-refractivity contribution in [3.05, 3.63) is 41.3 Å². The molecule has 0 amide bonds. The summed E-state index contributed by atoms with van der Waals surface area (Å²) in [5.74, 6) is 1.12. The lowest BCUT2D eigenvalue weighted by Crippen LogP contribution is -2.11. The van der Waals surface area contributed by atoms with Crippen molar-refractivity contribution in [2.75, 3.05) is 17.7 Å². The molecule has 0 aliphatic carbocycles. The van der Waals surface area contributed by atoms with Crippen LogP contribution < -0.4 is 10.6 Å². The fourth-order valence-corrected chi connectivity index (χ4v) is 1.65. The molecule has 0 aliphatic rings. The number of hydrogen-bond donors (Lipinski definition) is 2. The van der Waals surface area contributed by atoms with Crippen molar-refractivity contribution >= 4 is 23.4 Å². The number of hydrogen-bond acceptors (Lipinski definition) is 5. The molecule has 94 valence electrons. The predicted octanol–water partition coefficient (Wildman–Crippen LogP) is 2.74. The molecular weight excluding hydrogens is 250 g/mol. The van der Waals surface area contributed by atoms with E-state index in [-0.39, 0.29) is 6.04 Å². The van der Waals surface area contributed by atoms with Gasteiger partial charge in [0.05, 0.1) is 17.9 Å². The second-order valence-corrected chi connectivity index (χ2v) is 4.17. The van der Waals surface area contributed by atoms with Crippen molar-refractivity contribution in [2.45, 2.75) is 13.0 Å². The highest BCUT2D eigenvalue weighted by molar-refractivity contribution is 6.32. The molecule has 2 N–H and O–H groups in total. The van der Waals surface area contributed by atoms with Crippen LogP contribution in [-0.2, 0) is 0 Å². The molecule has 1 atom stereocenters. The highest BCUT2D eigenvalue weighted by Gasteiger charge is 2.10. The molecule has 0 radical (unpaired) electrons. The van der Waals surface area contributed by atoms with Gasteiger partial charge < -0.3 is 10.6 Å². The topological polar surface area (TPSA) is 62.7 Å². The third kappa shape index (κ3) is 2.87. The van der Waals surface area contributed by atoms with Gasteiger partial charge in [-0.25, -0.2) is 4.98 Å². The van der Waals surface area contributed by atoms with Crippen LogP contribution in [0, 0.1) is 0 Å². The average molecular weight is 264 g/mol. The lowest BCUT2D eigenvalue weighted by atomic mass is 10.2. The summed E-state index contributed by atoms with van der Waals surface area (Å²) < 4.78 is 0. The van der Waals surface area contributed by atoms with Crippen LogP contribution in [0.2, 0.25) is 5.02 Å². The van der Waals surface area contributed by atoms with Gasteiger partial charge in [0, 0.05) is 13.2 Å². The van der Waals surface area contributed by atoms with E-state index in [0.29, 0.717) is 16.8 Å². The molecule has 6 heteroatoms. The van der Waals surface area contributed by atoms with Crippen molar-refractivity contribution < 1.29 is 0 Å². The molecule has 0 aliphatic heterocycles. The summed E-state index contributed by atoms with van der Waals surface area (Å²) in [5.41, 5.74) is 0.929. The summed E-state index contributed by atoms with van der Waals surface area (Å²) in [6.07, 6.45) is 3.32. The van der Waals surface area contributed by atoms with E-state index in [0.717, 1.165) is 5.69 Å². The maximum absolute atomic E-state index is 6.05. The van der Waals surface area contributed by atoms with E-state index in [1.165, 1.54) is 0 Å². The van der Waals surface area contributed by atoms with E-state index in [9.17, 15) is 0 Å². The van der Waals surface area contributed by atoms with Crippen LogP contribution in [0.5, 0.6) is 0 Å². The summed E-state index contributed by atoms with van der Waals surface area (Å²) >= 11 is 6.05. The molecule has 0 saturated heterocycles. The molecule has 0 aromatic carbocycles. The van der Waals surface area contributed by atoms with E-state index < -0.39 is 0 Å². The van der Waals surface area contributed by atoms with Gasteiger partial charge in [0.25, 0.3) is 0 Å². The normalized spacial score (nSPS) is 11.9. The first-order valence-electron chi connectivity index (χ1n) is 5.58. The minimum atomic E-state index is 0.0170. The van der Waals surface area contributed by atoms with E-state index in [2.05, 4.69) is 25.6 Å². The minimum Gasteiger partial charge on any atom is -0.361 e. The number of pyridine rings is 1. The van der Waals surface area contributed by atoms with Crippen molar-refractivity contribution in [1.82, 2.24) is 15.0 Å². The van der Waals surface area contributed by atoms with Gasteiger partial charge in [-0.3, -0.25) is 4.98 Å². The number of rotatable bonds is 4. The Morgan fingerprint density at radius 2 is 2.11 bits per heavy atom. The number of aromatic nitrogens is 3. The van der Waals surface area contributed by atoms with Gasteiger partial charge in [-0.1, -0.05) is 17.7 Å². The Kier molecular flexibility index (Phi) is 3.94. The molecule has 2 aromatic rings. The first-order valence-corrected chi connectivity index (χ1v) is 5.96. The largest absolute Gasteiger partial charge is 0.361 e.